The van der Waals surface area contributed by atoms with Crippen LogP contribution in [0.3, 0.4) is 0 Å². The number of halogens is 1. The Kier molecular flexibility index (Phi) is 4.75. The first-order valence-electron chi connectivity index (χ1n) is 6.73. The van der Waals surface area contributed by atoms with Crippen LogP contribution in [0.2, 0.25) is 0 Å². The molecule has 1 aromatic carbocycles. The maximum atomic E-state index is 13.9. The maximum Gasteiger partial charge on any atom is 0.242 e. The van der Waals surface area contributed by atoms with E-state index in [0.717, 1.165) is 5.76 Å². The second kappa shape index (κ2) is 6.54. The Labute approximate surface area is 123 Å². The zero-order valence-corrected chi connectivity index (χ0v) is 12.4. The molecule has 0 unspecified atom stereocenters. The number of carbonyl (C=O) groups excluding carboxylic acids is 1. The molecule has 0 saturated carbocycles. The second-order valence-electron chi connectivity index (χ2n) is 5.12. The Morgan fingerprint density at radius 1 is 1.29 bits per heavy atom. The van der Waals surface area contributed by atoms with E-state index >= 15 is 0 Å². The van der Waals surface area contributed by atoms with Crippen LogP contribution >= 0.6 is 0 Å². The average molecular weight is 290 g/mol. The van der Waals surface area contributed by atoms with Crippen LogP contribution in [0.15, 0.2) is 40.8 Å². The summed E-state index contributed by atoms with van der Waals surface area (Å²) in [5.74, 6) is 0.809. The van der Waals surface area contributed by atoms with Crippen LogP contribution in [0.5, 0.6) is 0 Å². The summed E-state index contributed by atoms with van der Waals surface area (Å²) in [5, 5.41) is 2.78. The highest BCUT2D eigenvalue weighted by Gasteiger charge is 2.25. The topological polar surface area (TPSA) is 45.5 Å². The van der Waals surface area contributed by atoms with Gasteiger partial charge < -0.3 is 9.73 Å². The molecule has 1 atom stereocenters. The molecule has 0 bridgehead atoms. The van der Waals surface area contributed by atoms with Gasteiger partial charge in [-0.1, -0.05) is 18.2 Å². The SMILES string of the molecule is Cc1ccc(CNC(=O)[C@@H](c2ccccc2F)N(C)C)o1. The Bertz CT molecular complexity index is 622. The molecule has 0 aliphatic rings. The van der Waals surface area contributed by atoms with Gasteiger partial charge in [0.2, 0.25) is 5.91 Å². The normalized spacial score (nSPS) is 12.4. The predicted octanol–water partition coefficient (Wildman–Crippen LogP) is 2.65. The lowest BCUT2D eigenvalue weighted by Crippen LogP contribution is -2.37. The zero-order valence-electron chi connectivity index (χ0n) is 12.4. The number of benzene rings is 1. The minimum Gasteiger partial charge on any atom is -0.465 e. The van der Waals surface area contributed by atoms with E-state index in [-0.39, 0.29) is 18.3 Å². The van der Waals surface area contributed by atoms with Crippen molar-refractivity contribution >= 4 is 5.91 Å². The van der Waals surface area contributed by atoms with Crippen molar-refractivity contribution in [1.82, 2.24) is 10.2 Å². The minimum absolute atomic E-state index is 0.265. The molecule has 0 aliphatic heterocycles. The van der Waals surface area contributed by atoms with Crippen molar-refractivity contribution in [3.8, 4) is 0 Å². The van der Waals surface area contributed by atoms with Crippen LogP contribution in [0.1, 0.15) is 23.1 Å². The third-order valence-corrected chi connectivity index (χ3v) is 3.20. The molecule has 112 valence electrons. The number of nitrogens with one attached hydrogen (secondary N) is 1. The Morgan fingerprint density at radius 3 is 2.57 bits per heavy atom. The summed E-state index contributed by atoms with van der Waals surface area (Å²) >= 11 is 0. The van der Waals surface area contributed by atoms with Crippen LogP contribution < -0.4 is 5.32 Å². The fraction of sp³-hybridized carbons (Fsp3) is 0.312. The number of likely N-dealkylation sites (N-methyl/N-ethyl adjacent to an activating group) is 1. The van der Waals surface area contributed by atoms with E-state index < -0.39 is 6.04 Å². The first-order valence-corrected chi connectivity index (χ1v) is 6.73. The van der Waals surface area contributed by atoms with Gasteiger partial charge in [-0.25, -0.2) is 4.39 Å². The highest BCUT2D eigenvalue weighted by Crippen LogP contribution is 2.21. The van der Waals surface area contributed by atoms with Crippen molar-refractivity contribution in [3.05, 3.63) is 59.3 Å². The summed E-state index contributed by atoms with van der Waals surface area (Å²) < 4.78 is 19.3. The maximum absolute atomic E-state index is 13.9. The summed E-state index contributed by atoms with van der Waals surface area (Å²) in [6.45, 7) is 2.12. The highest BCUT2D eigenvalue weighted by atomic mass is 19.1. The predicted molar refractivity (Wildman–Crippen MR) is 78.1 cm³/mol. The van der Waals surface area contributed by atoms with Crippen molar-refractivity contribution in [2.45, 2.75) is 19.5 Å². The van der Waals surface area contributed by atoms with Gasteiger partial charge in [-0.2, -0.15) is 0 Å². The van der Waals surface area contributed by atoms with Crippen molar-refractivity contribution in [2.75, 3.05) is 14.1 Å². The first-order chi connectivity index (χ1) is 9.99. The Balaban J connectivity index is 2.11. The molecule has 0 fully saturated rings. The van der Waals surface area contributed by atoms with Gasteiger partial charge in [0.1, 0.15) is 23.4 Å². The number of amides is 1. The number of aryl methyl sites for hydroxylation is 1. The largest absolute Gasteiger partial charge is 0.465 e. The summed E-state index contributed by atoms with van der Waals surface area (Å²) in [6.07, 6.45) is 0. The molecular weight excluding hydrogens is 271 g/mol. The summed E-state index contributed by atoms with van der Waals surface area (Å²) in [7, 11) is 3.49. The number of nitrogens with zero attached hydrogens (tertiary/aromatic N) is 1. The molecule has 1 N–H and O–H groups in total. The number of carbonyl (C=O) groups is 1. The molecule has 0 radical (unpaired) electrons. The molecule has 5 heteroatoms. The van der Waals surface area contributed by atoms with Gasteiger partial charge in [-0.3, -0.25) is 9.69 Å². The number of hydrogen-bond donors (Lipinski definition) is 1. The Hall–Kier alpha value is -2.14. The average Bonchev–Trinajstić information content (AvgIpc) is 2.84. The molecular formula is C16H19FN2O2. The molecule has 4 nitrogen and oxygen atoms in total. The number of hydrogen-bond acceptors (Lipinski definition) is 3. The van der Waals surface area contributed by atoms with E-state index in [1.54, 1.807) is 37.2 Å². The molecule has 2 rings (SSSR count). The number of rotatable bonds is 5. The van der Waals surface area contributed by atoms with E-state index in [1.165, 1.54) is 6.07 Å². The van der Waals surface area contributed by atoms with Gasteiger partial charge in [0, 0.05) is 5.56 Å². The molecule has 1 heterocycles. The summed E-state index contributed by atoms with van der Waals surface area (Å²) in [6, 6.07) is 9.27. The first kappa shape index (κ1) is 15.3. The number of furan rings is 1. The Morgan fingerprint density at radius 2 is 2.00 bits per heavy atom. The van der Waals surface area contributed by atoms with Crippen molar-refractivity contribution in [2.24, 2.45) is 0 Å². The van der Waals surface area contributed by atoms with Crippen LogP contribution in [0.4, 0.5) is 4.39 Å². The van der Waals surface area contributed by atoms with E-state index in [0.29, 0.717) is 11.3 Å². The van der Waals surface area contributed by atoms with Gasteiger partial charge in [0.15, 0.2) is 0 Å². The molecule has 0 spiro atoms. The molecule has 0 aliphatic carbocycles. The van der Waals surface area contributed by atoms with E-state index in [4.69, 9.17) is 4.42 Å². The van der Waals surface area contributed by atoms with Gasteiger partial charge in [-0.15, -0.1) is 0 Å². The van der Waals surface area contributed by atoms with Crippen molar-refractivity contribution < 1.29 is 13.6 Å². The quantitative estimate of drug-likeness (QED) is 0.920. The van der Waals surface area contributed by atoms with Crippen molar-refractivity contribution in [1.29, 1.82) is 0 Å². The fourth-order valence-electron chi connectivity index (χ4n) is 2.20. The lowest BCUT2D eigenvalue weighted by molar-refractivity contribution is -0.126. The molecule has 0 saturated heterocycles. The van der Waals surface area contributed by atoms with Gasteiger partial charge in [-0.05, 0) is 39.2 Å². The zero-order chi connectivity index (χ0) is 15.4. The van der Waals surface area contributed by atoms with Gasteiger partial charge >= 0.3 is 0 Å². The highest BCUT2D eigenvalue weighted by molar-refractivity contribution is 5.83. The molecule has 2 aromatic rings. The smallest absolute Gasteiger partial charge is 0.242 e. The lowest BCUT2D eigenvalue weighted by Gasteiger charge is -2.24. The third-order valence-electron chi connectivity index (χ3n) is 3.20. The monoisotopic (exact) mass is 290 g/mol. The van der Waals surface area contributed by atoms with Crippen LogP contribution in [0, 0.1) is 12.7 Å². The van der Waals surface area contributed by atoms with Gasteiger partial charge in [0.25, 0.3) is 0 Å². The van der Waals surface area contributed by atoms with Crippen LogP contribution in [0.25, 0.3) is 0 Å². The second-order valence-corrected chi connectivity index (χ2v) is 5.12. The van der Waals surface area contributed by atoms with E-state index in [1.807, 2.05) is 19.1 Å². The standard InChI is InChI=1S/C16H19FN2O2/c1-11-8-9-12(21-11)10-18-16(20)15(19(2)3)13-6-4-5-7-14(13)17/h4-9,15H,10H2,1-3H3,(H,18,20)/t15-/m1/s1. The molecule has 1 amide bonds. The van der Waals surface area contributed by atoms with E-state index in [2.05, 4.69) is 5.32 Å². The molecule has 1 aromatic heterocycles. The van der Waals surface area contributed by atoms with Gasteiger partial charge in [0.05, 0.1) is 6.54 Å². The minimum atomic E-state index is -0.678. The summed E-state index contributed by atoms with van der Waals surface area (Å²) in [4.78, 5) is 14.0. The van der Waals surface area contributed by atoms with Crippen LogP contribution in [-0.4, -0.2) is 24.9 Å². The summed E-state index contributed by atoms with van der Waals surface area (Å²) in [5.41, 5.74) is 0.357. The molecule has 21 heavy (non-hydrogen) atoms. The fourth-order valence-corrected chi connectivity index (χ4v) is 2.20. The third kappa shape index (κ3) is 3.70. The van der Waals surface area contributed by atoms with E-state index in [9.17, 15) is 9.18 Å². The van der Waals surface area contributed by atoms with Crippen LogP contribution in [-0.2, 0) is 11.3 Å². The van der Waals surface area contributed by atoms with Crippen molar-refractivity contribution in [3.63, 3.8) is 0 Å². The lowest BCUT2D eigenvalue weighted by atomic mass is 10.0.